The average Bonchev–Trinajstić information content (AvgIpc) is 2.13. The predicted octanol–water partition coefficient (Wildman–Crippen LogP) is 1.60. The van der Waals surface area contributed by atoms with E-state index in [1.807, 2.05) is 0 Å². The third-order valence-corrected chi connectivity index (χ3v) is 2.10. The summed E-state index contributed by atoms with van der Waals surface area (Å²) in [5, 5.41) is 0. The molecule has 1 rings (SSSR count). The van der Waals surface area contributed by atoms with Gasteiger partial charge in [0.15, 0.2) is 0 Å². The van der Waals surface area contributed by atoms with Crippen LogP contribution < -0.4 is 0 Å². The van der Waals surface area contributed by atoms with Crippen molar-refractivity contribution in [2.45, 2.75) is 26.0 Å². The van der Waals surface area contributed by atoms with Crippen molar-refractivity contribution >= 4 is 25.8 Å². The van der Waals surface area contributed by atoms with E-state index in [-0.39, 0.29) is 4.72 Å². The van der Waals surface area contributed by atoms with Crippen molar-refractivity contribution in [3.63, 3.8) is 0 Å². The minimum absolute atomic E-state index is 0.0925. The van der Waals surface area contributed by atoms with Gasteiger partial charge in [0.2, 0.25) is 0 Å². The van der Waals surface area contributed by atoms with Crippen molar-refractivity contribution in [3.05, 3.63) is 0 Å². The van der Waals surface area contributed by atoms with Crippen LogP contribution in [0.15, 0.2) is 4.90 Å². The Morgan fingerprint density at radius 2 is 1.72 bits per heavy atom. The van der Waals surface area contributed by atoms with Crippen molar-refractivity contribution < 1.29 is 35.8 Å². The van der Waals surface area contributed by atoms with Gasteiger partial charge >= 0.3 is 32.3 Å². The molecule has 1 amide bonds. The van der Waals surface area contributed by atoms with Crippen LogP contribution in [0.2, 0.25) is 13.6 Å². The monoisotopic (exact) mass is 274 g/mol. The first-order chi connectivity index (χ1) is 7.94. The summed E-state index contributed by atoms with van der Waals surface area (Å²) >= 11 is 0. The molecule has 1 aliphatic heterocycles. The Hall–Kier alpha value is -1.35. The number of carbonyl (C=O) groups excluding carboxylic acids is 1. The number of carbonyl (C=O) groups is 1. The lowest BCUT2D eigenvalue weighted by atomic mass is 9.64. The molecule has 4 nitrogen and oxygen atoms in total. The van der Waals surface area contributed by atoms with E-state index in [1.165, 1.54) is 0 Å². The maximum Gasteiger partial charge on any atom is 0.471 e. The van der Waals surface area contributed by atoms with Crippen LogP contribution >= 0.6 is 0 Å². The molecule has 12 heteroatoms. The molecule has 0 bridgehead atoms. The van der Waals surface area contributed by atoms with Crippen LogP contribution in [0.5, 0.6) is 0 Å². The Bertz CT molecular complexity index is 381. The van der Waals surface area contributed by atoms with Crippen molar-refractivity contribution in [1.82, 2.24) is 4.72 Å². The van der Waals surface area contributed by atoms with E-state index in [2.05, 4.69) is 9.56 Å². The topological polar surface area (TPSA) is 41.9 Å². The second-order valence-electron chi connectivity index (χ2n) is 3.49. The van der Waals surface area contributed by atoms with E-state index in [0.29, 0.717) is 0 Å². The number of hydrogen-bond donors (Lipinski definition) is 0. The van der Waals surface area contributed by atoms with E-state index < -0.39 is 38.2 Å². The third-order valence-electron chi connectivity index (χ3n) is 2.10. The third kappa shape index (κ3) is 2.91. The lowest BCUT2D eigenvalue weighted by Crippen LogP contribution is -2.60. The van der Waals surface area contributed by atoms with Crippen LogP contribution in [0.1, 0.15) is 0 Å². The first kappa shape index (κ1) is 14.7. The lowest BCUT2D eigenvalue weighted by Gasteiger charge is -2.34. The summed E-state index contributed by atoms with van der Waals surface area (Å²) in [7, 11) is -1.71. The molecule has 0 spiro atoms. The number of halogens is 6. The summed E-state index contributed by atoms with van der Waals surface area (Å²) in [5.74, 6) is -3.94. The number of amides is 1. The molecule has 0 aliphatic carbocycles. The molecule has 0 fully saturated rings. The van der Waals surface area contributed by atoms with E-state index in [4.69, 9.17) is 0 Å². The van der Waals surface area contributed by atoms with E-state index in [1.54, 1.807) is 0 Å². The molecule has 0 atom stereocenters. The van der Waals surface area contributed by atoms with Crippen molar-refractivity contribution in [2.75, 3.05) is 0 Å². The maximum atomic E-state index is 12.3. The van der Waals surface area contributed by atoms with Crippen LogP contribution in [0, 0.1) is 0 Å². The van der Waals surface area contributed by atoms with Gasteiger partial charge in [-0.15, -0.1) is 0 Å². The zero-order valence-corrected chi connectivity index (χ0v) is 9.13. The fourth-order valence-corrected chi connectivity index (χ4v) is 1.41. The normalized spacial score (nSPS) is 17.6. The van der Waals surface area contributed by atoms with Gasteiger partial charge in [0.1, 0.15) is 0 Å². The summed E-state index contributed by atoms with van der Waals surface area (Å²) in [6.45, 7) is 0.231. The standard InChI is InChI=1S/C6H6B2F6N2O2/c1-7-15-3(5(9,10)11)18-8(2)16(7)4(17)6(12,13)14/h1-2H3. The van der Waals surface area contributed by atoms with Gasteiger partial charge < -0.3 is 9.38 Å². The number of hydrogen-bond acceptors (Lipinski definition) is 3. The van der Waals surface area contributed by atoms with Crippen LogP contribution in [0.3, 0.4) is 0 Å². The molecule has 0 aromatic rings. The fourth-order valence-electron chi connectivity index (χ4n) is 1.41. The van der Waals surface area contributed by atoms with E-state index in [9.17, 15) is 31.1 Å². The average molecular weight is 274 g/mol. The molecule has 100 valence electrons. The molecule has 0 radical (unpaired) electrons. The smallest absolute Gasteiger partial charge is 0.471 e. The Morgan fingerprint density at radius 3 is 2.06 bits per heavy atom. The second-order valence-corrected chi connectivity index (χ2v) is 3.49. The van der Waals surface area contributed by atoms with Gasteiger partial charge in [0.05, 0.1) is 0 Å². The highest BCUT2D eigenvalue weighted by Crippen LogP contribution is 2.26. The number of alkyl halides is 6. The highest BCUT2D eigenvalue weighted by molar-refractivity contribution is 6.74. The summed E-state index contributed by atoms with van der Waals surface area (Å²) in [5.41, 5.74) is 0. The summed E-state index contributed by atoms with van der Waals surface area (Å²) < 4.78 is 77.7. The van der Waals surface area contributed by atoms with Crippen LogP contribution in [0.4, 0.5) is 26.3 Å². The summed E-state index contributed by atoms with van der Waals surface area (Å²) in [6, 6.07) is 0. The van der Waals surface area contributed by atoms with Gasteiger partial charge in [-0.1, -0.05) is 0 Å². The Labute approximate surface area is 98.2 Å². The Morgan fingerprint density at radius 1 is 1.22 bits per heavy atom. The first-order valence-electron chi connectivity index (χ1n) is 4.65. The van der Waals surface area contributed by atoms with Gasteiger partial charge in [-0.3, -0.25) is 9.70 Å². The van der Waals surface area contributed by atoms with Crippen LogP contribution in [-0.2, 0) is 9.45 Å². The van der Waals surface area contributed by atoms with Crippen molar-refractivity contribution in [2.24, 2.45) is 4.90 Å². The zero-order chi connectivity index (χ0) is 14.3. The van der Waals surface area contributed by atoms with Crippen molar-refractivity contribution in [3.8, 4) is 0 Å². The summed E-state index contributed by atoms with van der Waals surface area (Å²) in [4.78, 5) is 13.9. The van der Waals surface area contributed by atoms with Crippen LogP contribution in [-0.4, -0.2) is 42.9 Å². The van der Waals surface area contributed by atoms with Crippen molar-refractivity contribution in [1.29, 1.82) is 0 Å². The fraction of sp³-hybridized carbons (Fsp3) is 0.667. The molecular weight excluding hydrogens is 268 g/mol. The molecule has 1 heterocycles. The first-order valence-corrected chi connectivity index (χ1v) is 4.65. The number of rotatable bonds is 0. The van der Waals surface area contributed by atoms with Gasteiger partial charge in [0, 0.05) is 0 Å². The maximum absolute atomic E-state index is 12.3. The molecule has 0 saturated carbocycles. The molecular formula is C6H6B2F6N2O2. The SMILES string of the molecule is CB1N=C(C(F)(F)F)OB(C)N1C(=O)C(F)(F)F. The van der Waals surface area contributed by atoms with Crippen LogP contribution in [0.25, 0.3) is 0 Å². The molecule has 0 unspecified atom stereocenters. The van der Waals surface area contributed by atoms with E-state index in [0.717, 1.165) is 13.6 Å². The molecule has 18 heavy (non-hydrogen) atoms. The van der Waals surface area contributed by atoms with Gasteiger partial charge in [-0.25, -0.2) is 0 Å². The highest BCUT2D eigenvalue weighted by atomic mass is 19.4. The lowest BCUT2D eigenvalue weighted by molar-refractivity contribution is -0.177. The predicted molar refractivity (Wildman–Crippen MR) is 50.7 cm³/mol. The molecule has 0 saturated heterocycles. The largest absolute Gasteiger partial charge is 0.526 e. The van der Waals surface area contributed by atoms with E-state index >= 15 is 0 Å². The zero-order valence-electron chi connectivity index (χ0n) is 9.13. The molecule has 0 aromatic carbocycles. The summed E-state index contributed by atoms with van der Waals surface area (Å²) in [6.07, 6.45) is -10.1. The second kappa shape index (κ2) is 4.39. The minimum atomic E-state index is -5.20. The quantitative estimate of drug-likeness (QED) is 0.497. The molecule has 1 aliphatic rings. The van der Waals surface area contributed by atoms with Gasteiger partial charge in [-0.2, -0.15) is 26.3 Å². The Balaban J connectivity index is 3.01. The highest BCUT2D eigenvalue weighted by Gasteiger charge is 2.53. The Kier molecular flexibility index (Phi) is 3.59. The minimum Gasteiger partial charge on any atom is -0.526 e. The number of nitrogens with zero attached hydrogens (tertiary/aromatic N) is 2. The van der Waals surface area contributed by atoms with Gasteiger partial charge in [-0.05, 0) is 13.6 Å². The van der Waals surface area contributed by atoms with Gasteiger partial charge in [0.25, 0.3) is 5.90 Å². The molecule has 0 N–H and O–H groups in total. The molecule has 0 aromatic heterocycles.